The lowest BCUT2D eigenvalue weighted by atomic mass is 9.43. The third kappa shape index (κ3) is 4.79. The molecule has 0 radical (unpaired) electrons. The summed E-state index contributed by atoms with van der Waals surface area (Å²) in [5.74, 6) is 1.51. The van der Waals surface area contributed by atoms with Gasteiger partial charge >= 0.3 is 5.97 Å². The average molecular weight is 492 g/mol. The van der Waals surface area contributed by atoms with Crippen molar-refractivity contribution in [1.82, 2.24) is 5.32 Å². The molecule has 0 spiro atoms. The number of amides is 1. The summed E-state index contributed by atoms with van der Waals surface area (Å²) in [6, 6.07) is -0.833. The van der Waals surface area contributed by atoms with Crippen molar-refractivity contribution in [3.63, 3.8) is 0 Å². The molecule has 0 saturated heterocycles. The van der Waals surface area contributed by atoms with Crippen molar-refractivity contribution in [1.29, 1.82) is 0 Å². The summed E-state index contributed by atoms with van der Waals surface area (Å²) in [5.41, 5.74) is 0.431. The lowest BCUT2D eigenvalue weighted by Crippen LogP contribution is -2.58. The maximum Gasteiger partial charge on any atom is 0.326 e. The largest absolute Gasteiger partial charge is 0.480 e. The van der Waals surface area contributed by atoms with Crippen molar-refractivity contribution < 1.29 is 24.9 Å². The lowest BCUT2D eigenvalue weighted by Gasteiger charge is -2.62. The van der Waals surface area contributed by atoms with E-state index in [1.165, 1.54) is 6.42 Å². The number of hydrogen-bond acceptors (Lipinski definition) is 4. The Hall–Kier alpha value is -1.14. The molecule has 0 aromatic carbocycles. The van der Waals surface area contributed by atoms with Gasteiger partial charge in [0.1, 0.15) is 6.04 Å². The van der Waals surface area contributed by atoms with Crippen LogP contribution in [0.1, 0.15) is 98.8 Å². The lowest BCUT2D eigenvalue weighted by molar-refractivity contribution is -0.174. The fourth-order valence-electron chi connectivity index (χ4n) is 9.49. The fourth-order valence-corrected chi connectivity index (χ4v) is 9.49. The Morgan fingerprint density at radius 2 is 1.60 bits per heavy atom. The number of carbonyl (C=O) groups excluding carboxylic acids is 1. The summed E-state index contributed by atoms with van der Waals surface area (Å²) in [7, 11) is 0. The third-order valence-corrected chi connectivity index (χ3v) is 11.5. The van der Waals surface area contributed by atoms with E-state index in [1.807, 2.05) is 13.8 Å². The van der Waals surface area contributed by atoms with Crippen LogP contribution in [0.15, 0.2) is 0 Å². The monoisotopic (exact) mass is 491 g/mol. The van der Waals surface area contributed by atoms with E-state index in [9.17, 15) is 24.9 Å². The molecule has 6 nitrogen and oxygen atoms in total. The number of nitrogens with one attached hydrogen (secondary N) is 1. The Morgan fingerprint density at radius 1 is 0.943 bits per heavy atom. The molecule has 4 aliphatic carbocycles. The number of hydrogen-bond donors (Lipinski definition) is 4. The molecule has 4 saturated carbocycles. The zero-order valence-electron chi connectivity index (χ0n) is 22.5. The second-order valence-electron chi connectivity index (χ2n) is 13.6. The van der Waals surface area contributed by atoms with E-state index in [1.54, 1.807) is 0 Å². The minimum Gasteiger partial charge on any atom is -0.480 e. The molecule has 35 heavy (non-hydrogen) atoms. The number of aliphatic carboxylic acids is 1. The van der Waals surface area contributed by atoms with Crippen LogP contribution in [-0.4, -0.2) is 45.4 Å². The SMILES string of the molecule is CC(C)C(NC(=O)CCC(C)[C@H]1CC[C@H]2[C@@H]3[C@@H](O)C[C@@H]4C[C@H](O)CC[C@]4(C)[C@H]3CC[C@]12C)C(=O)O. The summed E-state index contributed by atoms with van der Waals surface area (Å²) >= 11 is 0. The predicted molar refractivity (Wildman–Crippen MR) is 135 cm³/mol. The number of carboxylic acids is 1. The highest BCUT2D eigenvalue weighted by Crippen LogP contribution is 2.68. The number of rotatable bonds is 7. The summed E-state index contributed by atoms with van der Waals surface area (Å²) < 4.78 is 0. The van der Waals surface area contributed by atoms with Gasteiger partial charge in [0, 0.05) is 6.42 Å². The van der Waals surface area contributed by atoms with Crippen LogP contribution in [0, 0.1) is 52.3 Å². The van der Waals surface area contributed by atoms with Gasteiger partial charge in [-0.05, 0) is 110 Å². The smallest absolute Gasteiger partial charge is 0.326 e. The van der Waals surface area contributed by atoms with Crippen LogP contribution in [0.25, 0.3) is 0 Å². The van der Waals surface area contributed by atoms with Crippen molar-refractivity contribution in [2.45, 2.75) is 117 Å². The molecule has 0 aromatic heterocycles. The van der Waals surface area contributed by atoms with E-state index in [4.69, 9.17) is 0 Å². The van der Waals surface area contributed by atoms with Gasteiger partial charge in [-0.1, -0.05) is 34.6 Å². The maximum atomic E-state index is 12.5. The van der Waals surface area contributed by atoms with Gasteiger partial charge in [0.05, 0.1) is 12.2 Å². The normalized spacial score (nSPS) is 44.6. The molecule has 200 valence electrons. The van der Waals surface area contributed by atoms with Crippen LogP contribution in [0.5, 0.6) is 0 Å². The van der Waals surface area contributed by atoms with Crippen molar-refractivity contribution in [3.05, 3.63) is 0 Å². The van der Waals surface area contributed by atoms with E-state index in [2.05, 4.69) is 26.1 Å². The highest BCUT2D eigenvalue weighted by Gasteiger charge is 2.62. The zero-order valence-corrected chi connectivity index (χ0v) is 22.5. The summed E-state index contributed by atoms with van der Waals surface area (Å²) in [6.07, 6.45) is 9.00. The van der Waals surface area contributed by atoms with Crippen molar-refractivity contribution >= 4 is 11.9 Å². The van der Waals surface area contributed by atoms with E-state index in [0.717, 1.165) is 51.4 Å². The molecular formula is C29H49NO5. The molecule has 0 aliphatic heterocycles. The topological polar surface area (TPSA) is 107 Å². The Balaban J connectivity index is 1.41. The fraction of sp³-hybridized carbons (Fsp3) is 0.931. The van der Waals surface area contributed by atoms with Crippen molar-refractivity contribution in [3.8, 4) is 0 Å². The maximum absolute atomic E-state index is 12.5. The Bertz CT molecular complexity index is 800. The number of fused-ring (bicyclic) bond motifs is 5. The molecular weight excluding hydrogens is 442 g/mol. The molecule has 4 aliphatic rings. The molecule has 6 heteroatoms. The van der Waals surface area contributed by atoms with Gasteiger partial charge in [0.15, 0.2) is 0 Å². The third-order valence-electron chi connectivity index (χ3n) is 11.5. The summed E-state index contributed by atoms with van der Waals surface area (Å²) in [5, 5.41) is 33.8. The summed E-state index contributed by atoms with van der Waals surface area (Å²) in [6.45, 7) is 10.8. The second-order valence-corrected chi connectivity index (χ2v) is 13.6. The quantitative estimate of drug-likeness (QED) is 0.416. The van der Waals surface area contributed by atoms with E-state index < -0.39 is 12.0 Å². The van der Waals surface area contributed by atoms with Crippen LogP contribution in [0.4, 0.5) is 0 Å². The van der Waals surface area contributed by atoms with Crippen LogP contribution in [0.2, 0.25) is 0 Å². The second kappa shape index (κ2) is 9.96. The first kappa shape index (κ1) is 26.9. The van der Waals surface area contributed by atoms with Crippen LogP contribution in [0.3, 0.4) is 0 Å². The molecule has 0 heterocycles. The number of aliphatic hydroxyl groups excluding tert-OH is 2. The van der Waals surface area contributed by atoms with Gasteiger partial charge in [-0.15, -0.1) is 0 Å². The van der Waals surface area contributed by atoms with Gasteiger partial charge in [-0.3, -0.25) is 4.79 Å². The first-order chi connectivity index (χ1) is 16.4. The van der Waals surface area contributed by atoms with E-state index in [0.29, 0.717) is 41.9 Å². The first-order valence-electron chi connectivity index (χ1n) is 14.3. The van der Waals surface area contributed by atoms with Gasteiger partial charge < -0.3 is 20.6 Å². The molecule has 4 fully saturated rings. The molecule has 1 amide bonds. The Morgan fingerprint density at radius 3 is 2.26 bits per heavy atom. The number of aliphatic hydroxyl groups is 2. The Labute approximate surface area is 211 Å². The molecule has 4 rings (SSSR count). The number of carboxylic acid groups (broad SMARTS) is 1. The number of carbonyl (C=O) groups is 2. The molecule has 4 N–H and O–H groups in total. The molecule has 0 aromatic rings. The Kier molecular flexibility index (Phi) is 7.66. The van der Waals surface area contributed by atoms with Crippen LogP contribution in [-0.2, 0) is 9.59 Å². The molecule has 0 bridgehead atoms. The van der Waals surface area contributed by atoms with Gasteiger partial charge in [-0.25, -0.2) is 4.79 Å². The molecule has 11 atom stereocenters. The zero-order chi connectivity index (χ0) is 25.7. The standard InChI is InChI=1S/C29H49NO5/c1-16(2)26(27(34)35)30-24(33)9-6-17(3)20-7-8-21-25-22(11-13-29(20,21)5)28(4)12-10-19(31)14-18(28)15-23(25)32/h16-23,25-26,31-32H,6-15H2,1-5H3,(H,30,33)(H,34,35)/t17?,18-,19+,20+,21-,22-,23-,25-,26?,28-,29+/m0/s1. The summed E-state index contributed by atoms with van der Waals surface area (Å²) in [4.78, 5) is 24.0. The van der Waals surface area contributed by atoms with Crippen molar-refractivity contribution in [2.75, 3.05) is 0 Å². The van der Waals surface area contributed by atoms with Crippen molar-refractivity contribution in [2.24, 2.45) is 52.3 Å². The first-order valence-corrected chi connectivity index (χ1v) is 14.3. The highest BCUT2D eigenvalue weighted by atomic mass is 16.4. The van der Waals surface area contributed by atoms with Crippen LogP contribution >= 0.6 is 0 Å². The average Bonchev–Trinajstić information content (AvgIpc) is 3.13. The minimum absolute atomic E-state index is 0.144. The predicted octanol–water partition coefficient (Wildman–Crippen LogP) is 4.62. The van der Waals surface area contributed by atoms with E-state index >= 15 is 0 Å². The minimum atomic E-state index is -0.973. The van der Waals surface area contributed by atoms with Crippen LogP contribution < -0.4 is 5.32 Å². The van der Waals surface area contributed by atoms with Gasteiger partial charge in [0.25, 0.3) is 0 Å². The van der Waals surface area contributed by atoms with Gasteiger partial charge in [0.2, 0.25) is 5.91 Å². The highest BCUT2D eigenvalue weighted by molar-refractivity contribution is 5.83. The van der Waals surface area contributed by atoms with Gasteiger partial charge in [-0.2, -0.15) is 0 Å². The molecule has 2 unspecified atom stereocenters. The van der Waals surface area contributed by atoms with E-state index in [-0.39, 0.29) is 34.9 Å².